The standard InChI is InChI=1S/C8H14O2.Co/c1-2-3-4-5-6-7-8(9)10;/h6-7H,2-5H2,1H3,(H,9,10);. The minimum atomic E-state index is -0.850. The number of carboxylic acid groups (broad SMARTS) is 1. The van der Waals surface area contributed by atoms with E-state index in [1.807, 2.05) is 0 Å². The van der Waals surface area contributed by atoms with Crippen molar-refractivity contribution in [1.82, 2.24) is 0 Å². The van der Waals surface area contributed by atoms with E-state index in [1.165, 1.54) is 18.9 Å². The maximum atomic E-state index is 9.95. The van der Waals surface area contributed by atoms with Gasteiger partial charge < -0.3 is 5.11 Å². The Morgan fingerprint density at radius 2 is 2.09 bits per heavy atom. The van der Waals surface area contributed by atoms with Crippen molar-refractivity contribution >= 4 is 5.97 Å². The van der Waals surface area contributed by atoms with Gasteiger partial charge in [0.1, 0.15) is 0 Å². The number of allylic oxidation sites excluding steroid dienone is 1. The molecule has 67 valence electrons. The zero-order valence-electron chi connectivity index (χ0n) is 6.67. The maximum absolute atomic E-state index is 9.95. The molecule has 0 heterocycles. The predicted octanol–water partition coefficient (Wildman–Crippen LogP) is 2.20. The molecule has 0 spiro atoms. The van der Waals surface area contributed by atoms with Crippen molar-refractivity contribution in [3.8, 4) is 0 Å². The molecule has 0 amide bonds. The molecule has 11 heavy (non-hydrogen) atoms. The largest absolute Gasteiger partial charge is 0.478 e. The van der Waals surface area contributed by atoms with Crippen LogP contribution in [0.25, 0.3) is 0 Å². The van der Waals surface area contributed by atoms with E-state index in [2.05, 4.69) is 6.92 Å². The Bertz CT molecular complexity index is 121. The van der Waals surface area contributed by atoms with E-state index in [9.17, 15) is 4.79 Å². The minimum Gasteiger partial charge on any atom is -0.478 e. The second-order valence-corrected chi connectivity index (χ2v) is 2.24. The summed E-state index contributed by atoms with van der Waals surface area (Å²) in [5, 5.41) is 8.18. The van der Waals surface area contributed by atoms with Gasteiger partial charge in [0.05, 0.1) is 0 Å². The van der Waals surface area contributed by atoms with Crippen LogP contribution in [-0.4, -0.2) is 11.1 Å². The van der Waals surface area contributed by atoms with E-state index in [-0.39, 0.29) is 16.8 Å². The number of unbranched alkanes of at least 4 members (excludes halogenated alkanes) is 3. The normalized spacial score (nSPS) is 9.55. The van der Waals surface area contributed by atoms with Crippen molar-refractivity contribution in [2.75, 3.05) is 0 Å². The molecular formula is C8H14CoO2. The van der Waals surface area contributed by atoms with Crippen molar-refractivity contribution in [2.24, 2.45) is 0 Å². The molecule has 0 unspecified atom stereocenters. The van der Waals surface area contributed by atoms with Crippen LogP contribution in [0.4, 0.5) is 0 Å². The average molecular weight is 201 g/mol. The van der Waals surface area contributed by atoms with Crippen LogP contribution < -0.4 is 0 Å². The maximum Gasteiger partial charge on any atom is 0.327 e. The van der Waals surface area contributed by atoms with Crippen LogP contribution in [0.3, 0.4) is 0 Å². The number of hydrogen-bond acceptors (Lipinski definition) is 1. The van der Waals surface area contributed by atoms with Gasteiger partial charge in [0.15, 0.2) is 0 Å². The third-order valence-corrected chi connectivity index (χ3v) is 1.23. The minimum absolute atomic E-state index is 0. The van der Waals surface area contributed by atoms with Gasteiger partial charge in [-0.05, 0) is 12.8 Å². The molecule has 0 atom stereocenters. The smallest absolute Gasteiger partial charge is 0.327 e. The third kappa shape index (κ3) is 12.8. The molecule has 0 fully saturated rings. The summed E-state index contributed by atoms with van der Waals surface area (Å²) >= 11 is 0. The van der Waals surface area contributed by atoms with Gasteiger partial charge in [-0.3, -0.25) is 0 Å². The Balaban J connectivity index is 0. The average Bonchev–Trinajstić information content (AvgIpc) is 1.87. The topological polar surface area (TPSA) is 37.3 Å². The first-order chi connectivity index (χ1) is 4.77. The molecule has 0 bridgehead atoms. The fourth-order valence-electron chi connectivity index (χ4n) is 0.696. The second kappa shape index (κ2) is 9.72. The number of aliphatic carboxylic acids is 1. The van der Waals surface area contributed by atoms with Crippen molar-refractivity contribution < 1.29 is 26.7 Å². The van der Waals surface area contributed by atoms with Crippen molar-refractivity contribution in [1.29, 1.82) is 0 Å². The molecule has 0 aromatic heterocycles. The van der Waals surface area contributed by atoms with Crippen LogP contribution in [0.15, 0.2) is 12.2 Å². The van der Waals surface area contributed by atoms with E-state index in [4.69, 9.17) is 5.11 Å². The molecule has 1 N–H and O–H groups in total. The molecule has 0 aromatic carbocycles. The Labute approximate surface area is 77.9 Å². The number of hydrogen-bond donors (Lipinski definition) is 1. The Morgan fingerprint density at radius 3 is 2.55 bits per heavy atom. The van der Waals surface area contributed by atoms with Crippen LogP contribution >= 0.6 is 0 Å². The monoisotopic (exact) mass is 201 g/mol. The number of carbonyl (C=O) groups is 1. The molecule has 0 aliphatic rings. The quantitative estimate of drug-likeness (QED) is 0.546. The number of carboxylic acids is 1. The van der Waals surface area contributed by atoms with E-state index < -0.39 is 5.97 Å². The van der Waals surface area contributed by atoms with Crippen molar-refractivity contribution in [3.63, 3.8) is 0 Å². The van der Waals surface area contributed by atoms with Gasteiger partial charge in [0.25, 0.3) is 0 Å². The van der Waals surface area contributed by atoms with Gasteiger partial charge in [0, 0.05) is 22.9 Å². The molecule has 0 aromatic rings. The first-order valence-corrected chi connectivity index (χ1v) is 3.67. The first kappa shape index (κ1) is 13.3. The van der Waals surface area contributed by atoms with E-state index >= 15 is 0 Å². The van der Waals surface area contributed by atoms with E-state index in [1.54, 1.807) is 6.08 Å². The second-order valence-electron chi connectivity index (χ2n) is 2.24. The summed E-state index contributed by atoms with van der Waals surface area (Å²) in [6.07, 6.45) is 7.26. The molecule has 0 aliphatic carbocycles. The Morgan fingerprint density at radius 1 is 1.45 bits per heavy atom. The zero-order chi connectivity index (χ0) is 7.82. The van der Waals surface area contributed by atoms with Crippen LogP contribution in [0.2, 0.25) is 0 Å². The molecule has 2 nitrogen and oxygen atoms in total. The molecule has 0 rings (SSSR count). The molecule has 0 aliphatic heterocycles. The summed E-state index contributed by atoms with van der Waals surface area (Å²) in [4.78, 5) is 9.95. The van der Waals surface area contributed by atoms with Gasteiger partial charge in [-0.15, -0.1) is 0 Å². The van der Waals surface area contributed by atoms with Crippen LogP contribution in [0, 0.1) is 0 Å². The molecule has 3 heteroatoms. The van der Waals surface area contributed by atoms with Crippen LogP contribution in [0.1, 0.15) is 32.6 Å². The summed E-state index contributed by atoms with van der Waals surface area (Å²) < 4.78 is 0. The van der Waals surface area contributed by atoms with Crippen LogP contribution in [-0.2, 0) is 21.6 Å². The van der Waals surface area contributed by atoms with E-state index in [0.717, 1.165) is 12.8 Å². The van der Waals surface area contributed by atoms with Crippen LogP contribution in [0.5, 0.6) is 0 Å². The molecule has 1 radical (unpaired) electrons. The van der Waals surface area contributed by atoms with Gasteiger partial charge >= 0.3 is 5.97 Å². The summed E-state index contributed by atoms with van der Waals surface area (Å²) in [7, 11) is 0. The summed E-state index contributed by atoms with van der Waals surface area (Å²) in [6.45, 7) is 2.13. The number of rotatable bonds is 5. The van der Waals surface area contributed by atoms with Crippen molar-refractivity contribution in [2.45, 2.75) is 32.6 Å². The fraction of sp³-hybridized carbons (Fsp3) is 0.625. The first-order valence-electron chi connectivity index (χ1n) is 3.67. The summed E-state index contributed by atoms with van der Waals surface area (Å²) in [5.74, 6) is -0.850. The molecule has 0 saturated heterocycles. The van der Waals surface area contributed by atoms with Gasteiger partial charge in [-0.25, -0.2) is 4.79 Å². The van der Waals surface area contributed by atoms with Gasteiger partial charge in [0.2, 0.25) is 0 Å². The Hall–Kier alpha value is -0.284. The van der Waals surface area contributed by atoms with Crippen molar-refractivity contribution in [3.05, 3.63) is 12.2 Å². The Kier molecular flexibility index (Phi) is 11.8. The fourth-order valence-corrected chi connectivity index (χ4v) is 0.696. The summed E-state index contributed by atoms with van der Waals surface area (Å²) in [5.41, 5.74) is 0. The van der Waals surface area contributed by atoms with E-state index in [0.29, 0.717) is 0 Å². The molecular weight excluding hydrogens is 187 g/mol. The van der Waals surface area contributed by atoms with Gasteiger partial charge in [-0.1, -0.05) is 25.8 Å². The predicted molar refractivity (Wildman–Crippen MR) is 40.9 cm³/mol. The molecule has 0 saturated carbocycles. The zero-order valence-corrected chi connectivity index (χ0v) is 7.71. The SMILES string of the molecule is CCCCCC=CC(=O)O.[Co]. The van der Waals surface area contributed by atoms with Gasteiger partial charge in [-0.2, -0.15) is 0 Å². The summed E-state index contributed by atoms with van der Waals surface area (Å²) in [6, 6.07) is 0. The third-order valence-electron chi connectivity index (χ3n) is 1.23.